The average molecular weight is 321 g/mol. The van der Waals surface area contributed by atoms with E-state index in [4.69, 9.17) is 21.2 Å². The van der Waals surface area contributed by atoms with E-state index in [-0.39, 0.29) is 5.88 Å². The Bertz CT molecular complexity index is 827. The third-order valence-electron chi connectivity index (χ3n) is 2.72. The van der Waals surface area contributed by atoms with Crippen LogP contribution in [0, 0.1) is 10.9 Å². The molecule has 0 atom stereocenters. The Morgan fingerprint density at radius 1 is 1.57 bits per heavy atom. The van der Waals surface area contributed by atoms with Crippen molar-refractivity contribution in [1.29, 1.82) is 0 Å². The second kappa shape index (κ2) is 5.66. The first-order valence-electron chi connectivity index (χ1n) is 6.06. The van der Waals surface area contributed by atoms with Crippen LogP contribution in [0.1, 0.15) is 16.4 Å². The molecule has 0 aliphatic heterocycles. The normalized spacial score (nSPS) is 11.5. The molecule has 0 spiro atoms. The predicted molar refractivity (Wildman–Crippen MR) is 81.1 cm³/mol. The lowest BCUT2D eigenvalue weighted by atomic mass is 10.4. The standard InChI is InChI=1S/C13H11N3O3S2/c1-8-5-11(15-19-8)14-6-10-12(17)16(13(20)21-10)7-9-3-2-4-18-9/h2-6,17H,7H2,1H3. The fraction of sp³-hybridized carbons (Fsp3) is 0.154. The zero-order valence-electron chi connectivity index (χ0n) is 11.0. The van der Waals surface area contributed by atoms with Crippen LogP contribution >= 0.6 is 23.6 Å². The average Bonchev–Trinajstić information content (AvgIpc) is 3.15. The van der Waals surface area contributed by atoms with E-state index in [1.807, 2.05) is 6.07 Å². The molecule has 0 radical (unpaired) electrons. The number of hydrogen-bond donors (Lipinski definition) is 1. The van der Waals surface area contributed by atoms with Crippen molar-refractivity contribution in [3.63, 3.8) is 0 Å². The van der Waals surface area contributed by atoms with Gasteiger partial charge in [0.2, 0.25) is 5.88 Å². The van der Waals surface area contributed by atoms with Crippen molar-refractivity contribution in [1.82, 2.24) is 9.72 Å². The molecule has 0 aromatic carbocycles. The fourth-order valence-electron chi connectivity index (χ4n) is 1.74. The summed E-state index contributed by atoms with van der Waals surface area (Å²) in [6, 6.07) is 5.31. The highest BCUT2D eigenvalue weighted by Crippen LogP contribution is 2.26. The first-order chi connectivity index (χ1) is 10.1. The van der Waals surface area contributed by atoms with Crippen molar-refractivity contribution in [3.05, 3.63) is 44.8 Å². The molecule has 0 unspecified atom stereocenters. The number of rotatable bonds is 4. The van der Waals surface area contributed by atoms with Gasteiger partial charge in [0.25, 0.3) is 0 Å². The Morgan fingerprint density at radius 3 is 3.10 bits per heavy atom. The molecule has 3 aromatic heterocycles. The van der Waals surface area contributed by atoms with Gasteiger partial charge in [0.15, 0.2) is 9.77 Å². The van der Waals surface area contributed by atoms with Crippen LogP contribution in [0.2, 0.25) is 0 Å². The molecule has 6 nitrogen and oxygen atoms in total. The second-order valence-electron chi connectivity index (χ2n) is 4.28. The van der Waals surface area contributed by atoms with Crippen molar-refractivity contribution in [2.75, 3.05) is 0 Å². The van der Waals surface area contributed by atoms with E-state index in [1.54, 1.807) is 29.9 Å². The van der Waals surface area contributed by atoms with Crippen LogP contribution in [0.15, 0.2) is 38.4 Å². The first kappa shape index (κ1) is 13.8. The summed E-state index contributed by atoms with van der Waals surface area (Å²) < 4.78 is 12.3. The van der Waals surface area contributed by atoms with Gasteiger partial charge in [-0.05, 0) is 31.3 Å². The molecule has 0 saturated heterocycles. The van der Waals surface area contributed by atoms with E-state index in [1.165, 1.54) is 17.6 Å². The zero-order valence-corrected chi connectivity index (χ0v) is 12.6. The van der Waals surface area contributed by atoms with Crippen molar-refractivity contribution in [3.8, 4) is 5.88 Å². The fourth-order valence-corrected chi connectivity index (χ4v) is 2.91. The van der Waals surface area contributed by atoms with Crippen molar-refractivity contribution >= 4 is 35.6 Å². The zero-order chi connectivity index (χ0) is 14.8. The van der Waals surface area contributed by atoms with Gasteiger partial charge in [-0.3, -0.25) is 4.57 Å². The summed E-state index contributed by atoms with van der Waals surface area (Å²) in [6.07, 6.45) is 3.10. The lowest BCUT2D eigenvalue weighted by molar-refractivity contribution is 0.399. The van der Waals surface area contributed by atoms with E-state index in [0.29, 0.717) is 27.0 Å². The number of aryl methyl sites for hydroxylation is 1. The Kier molecular flexibility index (Phi) is 3.72. The lowest BCUT2D eigenvalue weighted by Crippen LogP contribution is -1.97. The summed E-state index contributed by atoms with van der Waals surface area (Å²) in [5.41, 5.74) is 0. The van der Waals surface area contributed by atoms with Crippen LogP contribution in [0.25, 0.3) is 0 Å². The van der Waals surface area contributed by atoms with Gasteiger partial charge < -0.3 is 14.0 Å². The monoisotopic (exact) mass is 321 g/mol. The molecule has 0 aliphatic rings. The molecular weight excluding hydrogens is 310 g/mol. The number of hydrogen-bond acceptors (Lipinski definition) is 7. The van der Waals surface area contributed by atoms with E-state index >= 15 is 0 Å². The number of aliphatic imine (C=N–C) groups is 1. The SMILES string of the molecule is Cc1cc(N=Cc2sc(=S)n(Cc3ccco3)c2O)no1. The molecule has 21 heavy (non-hydrogen) atoms. The van der Waals surface area contributed by atoms with Gasteiger partial charge in [0, 0.05) is 6.07 Å². The molecule has 0 fully saturated rings. The molecule has 1 N–H and O–H groups in total. The van der Waals surface area contributed by atoms with Gasteiger partial charge in [-0.2, -0.15) is 0 Å². The topological polar surface area (TPSA) is 76.7 Å². The van der Waals surface area contributed by atoms with Gasteiger partial charge in [-0.25, -0.2) is 4.99 Å². The van der Waals surface area contributed by atoms with E-state index in [9.17, 15) is 5.11 Å². The van der Waals surface area contributed by atoms with E-state index < -0.39 is 0 Å². The molecule has 3 aromatic rings. The summed E-state index contributed by atoms with van der Waals surface area (Å²) in [4.78, 5) is 4.71. The molecular formula is C13H11N3O3S2. The highest BCUT2D eigenvalue weighted by atomic mass is 32.1. The number of furan rings is 1. The van der Waals surface area contributed by atoms with E-state index in [2.05, 4.69) is 10.1 Å². The largest absolute Gasteiger partial charge is 0.493 e. The maximum Gasteiger partial charge on any atom is 0.212 e. The van der Waals surface area contributed by atoms with Gasteiger partial charge >= 0.3 is 0 Å². The van der Waals surface area contributed by atoms with Gasteiger partial charge in [-0.1, -0.05) is 16.5 Å². The van der Waals surface area contributed by atoms with Crippen molar-refractivity contribution < 1.29 is 14.0 Å². The van der Waals surface area contributed by atoms with Crippen LogP contribution in [0.5, 0.6) is 5.88 Å². The minimum Gasteiger partial charge on any atom is -0.493 e. The Hall–Kier alpha value is -2.19. The molecule has 0 amide bonds. The summed E-state index contributed by atoms with van der Waals surface area (Å²) in [7, 11) is 0. The van der Waals surface area contributed by atoms with E-state index in [0.717, 1.165) is 5.76 Å². The van der Waals surface area contributed by atoms with Gasteiger partial charge in [-0.15, -0.1) is 0 Å². The molecule has 0 aliphatic carbocycles. The number of aromatic nitrogens is 2. The Morgan fingerprint density at radius 2 is 2.43 bits per heavy atom. The molecule has 0 bridgehead atoms. The minimum absolute atomic E-state index is 0.0605. The maximum absolute atomic E-state index is 10.2. The third kappa shape index (κ3) is 2.96. The number of thiazole rings is 1. The smallest absolute Gasteiger partial charge is 0.212 e. The molecule has 3 heterocycles. The summed E-state index contributed by atoms with van der Waals surface area (Å²) in [5.74, 6) is 1.90. The molecule has 108 valence electrons. The highest BCUT2D eigenvalue weighted by molar-refractivity contribution is 7.73. The first-order valence-corrected chi connectivity index (χ1v) is 7.28. The van der Waals surface area contributed by atoms with Crippen LogP contribution in [-0.2, 0) is 6.54 Å². The van der Waals surface area contributed by atoms with Crippen molar-refractivity contribution in [2.24, 2.45) is 4.99 Å². The highest BCUT2D eigenvalue weighted by Gasteiger charge is 2.12. The van der Waals surface area contributed by atoms with Crippen molar-refractivity contribution in [2.45, 2.75) is 13.5 Å². The molecule has 8 heteroatoms. The Balaban J connectivity index is 1.87. The van der Waals surface area contributed by atoms with Gasteiger partial charge in [0.05, 0.1) is 19.0 Å². The molecule has 0 saturated carbocycles. The quantitative estimate of drug-likeness (QED) is 0.586. The summed E-state index contributed by atoms with van der Waals surface area (Å²) in [6.45, 7) is 2.17. The minimum atomic E-state index is 0.0605. The Labute approximate surface area is 129 Å². The second-order valence-corrected chi connectivity index (χ2v) is 5.95. The summed E-state index contributed by atoms with van der Waals surface area (Å²) >= 11 is 6.52. The van der Waals surface area contributed by atoms with Crippen LogP contribution in [0.3, 0.4) is 0 Å². The predicted octanol–water partition coefficient (Wildman–Crippen LogP) is 3.67. The van der Waals surface area contributed by atoms with Crippen LogP contribution in [0.4, 0.5) is 5.82 Å². The van der Waals surface area contributed by atoms with Crippen LogP contribution < -0.4 is 0 Å². The van der Waals surface area contributed by atoms with Gasteiger partial charge in [0.1, 0.15) is 16.4 Å². The lowest BCUT2D eigenvalue weighted by Gasteiger charge is -2.01. The molecule has 3 rings (SSSR count). The summed E-state index contributed by atoms with van der Waals surface area (Å²) in [5, 5.41) is 14.0. The number of nitrogens with zero attached hydrogens (tertiary/aromatic N) is 3. The number of aromatic hydroxyl groups is 1. The maximum atomic E-state index is 10.2. The third-order valence-corrected chi connectivity index (χ3v) is 4.09. The van der Waals surface area contributed by atoms with Crippen LogP contribution in [-0.4, -0.2) is 21.0 Å².